The van der Waals surface area contributed by atoms with Gasteiger partial charge in [-0.15, -0.1) is 0 Å². The molecule has 1 aliphatic heterocycles. The van der Waals surface area contributed by atoms with Crippen LogP contribution in [0.4, 0.5) is 11.6 Å². The number of nitrogens with one attached hydrogen (secondary N) is 1. The first-order valence-corrected chi connectivity index (χ1v) is 5.91. The molecule has 1 fully saturated rings. The molecule has 0 bridgehead atoms. The van der Waals surface area contributed by atoms with E-state index in [9.17, 15) is 0 Å². The molecular formula is C11H19N5O. The maximum atomic E-state index is 5.70. The summed E-state index contributed by atoms with van der Waals surface area (Å²) < 4.78 is 5.70. The van der Waals surface area contributed by atoms with Crippen molar-refractivity contribution >= 4 is 11.6 Å². The van der Waals surface area contributed by atoms with Crippen molar-refractivity contribution in [2.24, 2.45) is 5.84 Å². The molecular weight excluding hydrogens is 218 g/mol. The van der Waals surface area contributed by atoms with Crippen LogP contribution in [0.25, 0.3) is 0 Å². The number of anilines is 2. The molecule has 1 atom stereocenters. The Morgan fingerprint density at radius 1 is 1.53 bits per heavy atom. The van der Waals surface area contributed by atoms with Crippen molar-refractivity contribution in [1.82, 2.24) is 9.97 Å². The molecule has 6 nitrogen and oxygen atoms in total. The smallest absolute Gasteiger partial charge is 0.160 e. The molecule has 0 saturated carbocycles. The molecule has 0 radical (unpaired) electrons. The largest absolute Gasteiger partial charge is 0.376 e. The van der Waals surface area contributed by atoms with E-state index < -0.39 is 0 Å². The highest BCUT2D eigenvalue weighted by Crippen LogP contribution is 2.16. The molecule has 0 amide bonds. The van der Waals surface area contributed by atoms with Gasteiger partial charge in [0.2, 0.25) is 0 Å². The Kier molecular flexibility index (Phi) is 4.11. The van der Waals surface area contributed by atoms with E-state index in [2.05, 4.69) is 15.4 Å². The second-order valence-electron chi connectivity index (χ2n) is 4.28. The highest BCUT2D eigenvalue weighted by Gasteiger charge is 2.16. The third-order valence-corrected chi connectivity index (χ3v) is 2.91. The Bertz CT molecular complexity index is 353. The summed E-state index contributed by atoms with van der Waals surface area (Å²) in [5, 5.41) is 0. The number of aromatic nitrogens is 2. The second-order valence-corrected chi connectivity index (χ2v) is 4.28. The van der Waals surface area contributed by atoms with Crippen molar-refractivity contribution in [3.05, 3.63) is 12.4 Å². The molecule has 1 aromatic heterocycles. The van der Waals surface area contributed by atoms with Crippen LogP contribution in [0.15, 0.2) is 12.4 Å². The molecule has 1 saturated heterocycles. The molecule has 3 N–H and O–H groups in total. The van der Waals surface area contributed by atoms with Gasteiger partial charge in [0, 0.05) is 20.2 Å². The molecule has 1 aromatic rings. The van der Waals surface area contributed by atoms with E-state index in [1.54, 1.807) is 12.4 Å². The highest BCUT2D eigenvalue weighted by atomic mass is 16.5. The summed E-state index contributed by atoms with van der Waals surface area (Å²) in [5.41, 5.74) is 2.49. The fourth-order valence-corrected chi connectivity index (χ4v) is 1.96. The Hall–Kier alpha value is -1.40. The minimum atomic E-state index is 0.296. The lowest BCUT2D eigenvalue weighted by atomic mass is 10.1. The minimum Gasteiger partial charge on any atom is -0.376 e. The van der Waals surface area contributed by atoms with E-state index in [1.807, 2.05) is 11.9 Å². The van der Waals surface area contributed by atoms with Gasteiger partial charge in [0.1, 0.15) is 5.82 Å². The van der Waals surface area contributed by atoms with E-state index >= 15 is 0 Å². The van der Waals surface area contributed by atoms with Gasteiger partial charge in [-0.2, -0.15) is 0 Å². The van der Waals surface area contributed by atoms with Crippen molar-refractivity contribution in [3.8, 4) is 0 Å². The SMILES string of the molecule is CN(CC1CCCCO1)c1cncc(NN)n1. The standard InChI is InChI=1S/C11H19N5O/c1-16(8-9-4-2-3-5-17-9)11-7-13-6-10(14-11)15-12/h6-7,9H,2-5,8,12H2,1H3,(H,14,15). The number of ether oxygens (including phenoxy) is 1. The lowest BCUT2D eigenvalue weighted by Gasteiger charge is -2.27. The monoisotopic (exact) mass is 237 g/mol. The van der Waals surface area contributed by atoms with Crippen molar-refractivity contribution in [2.75, 3.05) is 30.5 Å². The molecule has 1 aliphatic rings. The number of hydrogen-bond acceptors (Lipinski definition) is 6. The molecule has 0 spiro atoms. The summed E-state index contributed by atoms with van der Waals surface area (Å²) in [7, 11) is 1.99. The zero-order valence-corrected chi connectivity index (χ0v) is 10.1. The van der Waals surface area contributed by atoms with Gasteiger partial charge in [0.25, 0.3) is 0 Å². The van der Waals surface area contributed by atoms with Crippen LogP contribution >= 0.6 is 0 Å². The Labute approximate surface area is 101 Å². The molecule has 1 unspecified atom stereocenters. The van der Waals surface area contributed by atoms with Crippen molar-refractivity contribution < 1.29 is 4.74 Å². The van der Waals surface area contributed by atoms with Crippen LogP contribution in [-0.2, 0) is 4.74 Å². The van der Waals surface area contributed by atoms with Crippen LogP contribution in [0.3, 0.4) is 0 Å². The minimum absolute atomic E-state index is 0.296. The van der Waals surface area contributed by atoms with Gasteiger partial charge in [0.15, 0.2) is 5.82 Å². The highest BCUT2D eigenvalue weighted by molar-refractivity contribution is 5.42. The third kappa shape index (κ3) is 3.28. The number of hydrazine groups is 1. The number of hydrogen-bond donors (Lipinski definition) is 2. The summed E-state index contributed by atoms with van der Waals surface area (Å²) in [4.78, 5) is 10.5. The van der Waals surface area contributed by atoms with Gasteiger partial charge in [-0.1, -0.05) is 0 Å². The van der Waals surface area contributed by atoms with Gasteiger partial charge in [0.05, 0.1) is 18.5 Å². The van der Waals surface area contributed by atoms with Gasteiger partial charge in [-0.3, -0.25) is 4.98 Å². The maximum Gasteiger partial charge on any atom is 0.160 e. The number of likely N-dealkylation sites (N-methyl/N-ethyl adjacent to an activating group) is 1. The zero-order valence-electron chi connectivity index (χ0n) is 10.1. The number of nitrogen functional groups attached to an aromatic ring is 1. The van der Waals surface area contributed by atoms with Crippen LogP contribution in [0.1, 0.15) is 19.3 Å². The molecule has 2 heterocycles. The average molecular weight is 237 g/mol. The lowest BCUT2D eigenvalue weighted by Crippen LogP contribution is -2.33. The molecule has 2 rings (SSSR count). The van der Waals surface area contributed by atoms with Crippen LogP contribution in [0, 0.1) is 0 Å². The van der Waals surface area contributed by atoms with Gasteiger partial charge >= 0.3 is 0 Å². The Morgan fingerprint density at radius 3 is 3.12 bits per heavy atom. The predicted octanol–water partition coefficient (Wildman–Crippen LogP) is 0.767. The second kappa shape index (κ2) is 5.79. The van der Waals surface area contributed by atoms with Crippen LogP contribution in [0.5, 0.6) is 0 Å². The number of nitrogens with two attached hydrogens (primary N) is 1. The van der Waals surface area contributed by atoms with E-state index in [4.69, 9.17) is 10.6 Å². The van der Waals surface area contributed by atoms with Crippen LogP contribution in [-0.4, -0.2) is 36.3 Å². The predicted molar refractivity (Wildman–Crippen MR) is 66.7 cm³/mol. The van der Waals surface area contributed by atoms with Gasteiger partial charge in [-0.05, 0) is 19.3 Å². The summed E-state index contributed by atoms with van der Waals surface area (Å²) in [5.74, 6) is 6.68. The van der Waals surface area contributed by atoms with E-state index in [0.717, 1.165) is 25.4 Å². The van der Waals surface area contributed by atoms with E-state index in [-0.39, 0.29) is 0 Å². The summed E-state index contributed by atoms with van der Waals surface area (Å²) in [6.45, 7) is 1.71. The summed E-state index contributed by atoms with van der Waals surface area (Å²) in [6.07, 6.45) is 7.15. The van der Waals surface area contributed by atoms with Crippen molar-refractivity contribution in [1.29, 1.82) is 0 Å². The number of nitrogens with zero attached hydrogens (tertiary/aromatic N) is 3. The normalized spacial score (nSPS) is 20.0. The van der Waals surface area contributed by atoms with Crippen LogP contribution < -0.4 is 16.2 Å². The van der Waals surface area contributed by atoms with Crippen molar-refractivity contribution in [2.45, 2.75) is 25.4 Å². The zero-order chi connectivity index (χ0) is 12.1. The maximum absolute atomic E-state index is 5.70. The third-order valence-electron chi connectivity index (χ3n) is 2.91. The van der Waals surface area contributed by atoms with Gasteiger partial charge < -0.3 is 15.1 Å². The van der Waals surface area contributed by atoms with E-state index in [0.29, 0.717) is 11.9 Å². The Balaban J connectivity index is 1.95. The first-order chi connectivity index (χ1) is 8.29. The molecule has 17 heavy (non-hydrogen) atoms. The first kappa shape index (κ1) is 12.1. The van der Waals surface area contributed by atoms with Crippen LogP contribution in [0.2, 0.25) is 0 Å². The van der Waals surface area contributed by atoms with E-state index in [1.165, 1.54) is 12.8 Å². The topological polar surface area (TPSA) is 76.3 Å². The van der Waals surface area contributed by atoms with Crippen molar-refractivity contribution in [3.63, 3.8) is 0 Å². The summed E-state index contributed by atoms with van der Waals surface area (Å²) >= 11 is 0. The molecule has 94 valence electrons. The Morgan fingerprint density at radius 2 is 2.41 bits per heavy atom. The quantitative estimate of drug-likeness (QED) is 0.595. The lowest BCUT2D eigenvalue weighted by molar-refractivity contribution is 0.0215. The molecule has 0 aliphatic carbocycles. The van der Waals surface area contributed by atoms with Gasteiger partial charge in [-0.25, -0.2) is 10.8 Å². The molecule has 6 heteroatoms. The first-order valence-electron chi connectivity index (χ1n) is 5.91. The fraction of sp³-hybridized carbons (Fsp3) is 0.636. The molecule has 0 aromatic carbocycles. The summed E-state index contributed by atoms with van der Waals surface area (Å²) in [6, 6.07) is 0. The average Bonchev–Trinajstić information content (AvgIpc) is 2.40. The fourth-order valence-electron chi connectivity index (χ4n) is 1.96. The number of rotatable bonds is 4.